The highest BCUT2D eigenvalue weighted by molar-refractivity contribution is 5.89. The summed E-state index contributed by atoms with van der Waals surface area (Å²) in [5.74, 6) is -1.24. The van der Waals surface area contributed by atoms with E-state index < -0.39 is 35.3 Å². The molecular weight excluding hydrogens is 445 g/mol. The lowest BCUT2D eigenvalue weighted by Gasteiger charge is -2.31. The molecule has 4 heterocycles. The zero-order chi connectivity index (χ0) is 23.7. The third-order valence-corrected chi connectivity index (χ3v) is 6.04. The van der Waals surface area contributed by atoms with Crippen molar-refractivity contribution in [3.63, 3.8) is 0 Å². The van der Waals surface area contributed by atoms with Gasteiger partial charge in [-0.05, 0) is 30.7 Å². The number of hydrogen-bond donors (Lipinski definition) is 2. The van der Waals surface area contributed by atoms with Crippen molar-refractivity contribution in [1.29, 1.82) is 0 Å². The number of pyridine rings is 2. The van der Waals surface area contributed by atoms with E-state index in [9.17, 15) is 27.9 Å². The number of carbonyl (C=O) groups is 1. The largest absolute Gasteiger partial charge is 0.458 e. The lowest BCUT2D eigenvalue weighted by Crippen LogP contribution is -2.44. The van der Waals surface area contributed by atoms with E-state index >= 15 is 0 Å². The number of rotatable bonds is 4. The van der Waals surface area contributed by atoms with Gasteiger partial charge in [-0.25, -0.2) is 14.2 Å². The van der Waals surface area contributed by atoms with Crippen LogP contribution >= 0.6 is 0 Å². The Morgan fingerprint density at radius 1 is 1.33 bits per heavy atom. The van der Waals surface area contributed by atoms with Crippen LogP contribution in [-0.2, 0) is 28.3 Å². The normalized spacial score (nSPS) is 20.1. The molecule has 172 valence electrons. The fourth-order valence-corrected chi connectivity index (χ4v) is 4.26. The minimum Gasteiger partial charge on any atom is -0.458 e. The van der Waals surface area contributed by atoms with Crippen LogP contribution in [0.3, 0.4) is 0 Å². The van der Waals surface area contributed by atoms with Gasteiger partial charge in [0.05, 0.1) is 29.0 Å². The molecule has 33 heavy (non-hydrogen) atoms. The quantitative estimate of drug-likeness (QED) is 0.448. The highest BCUT2D eigenvalue weighted by atomic mass is 19.3. The molecule has 0 saturated carbocycles. The standard InChI is InChI=1S/C22H17F3N2O6/c1-2-21(31)13-7-15-17-10(8-27(15)18(28)12(13)9-32-20(21)30)6-11-14(26-17)4-3-5-16(11)33-22(24,25)19(23)29/h3-7,19,29,31H,2,8-9H2,1H3/t19?,21-/m0/s1. The Labute approximate surface area is 183 Å². The average molecular weight is 462 g/mol. The van der Waals surface area contributed by atoms with Crippen molar-refractivity contribution < 1.29 is 37.7 Å². The van der Waals surface area contributed by atoms with E-state index in [1.54, 1.807) is 6.92 Å². The first-order valence-corrected chi connectivity index (χ1v) is 10.1. The number of carbonyl (C=O) groups excluding carboxylic acids is 1. The number of hydrogen-bond acceptors (Lipinski definition) is 7. The molecule has 0 spiro atoms. The molecular formula is C22H17F3N2O6. The molecule has 11 heteroatoms. The highest BCUT2D eigenvalue weighted by Crippen LogP contribution is 2.40. The van der Waals surface area contributed by atoms with Crippen LogP contribution in [0.15, 0.2) is 35.1 Å². The first-order valence-electron chi connectivity index (χ1n) is 10.1. The second kappa shape index (κ2) is 7.03. The maximum atomic E-state index is 13.6. The summed E-state index contributed by atoms with van der Waals surface area (Å²) >= 11 is 0. The fourth-order valence-electron chi connectivity index (χ4n) is 4.26. The zero-order valence-electron chi connectivity index (χ0n) is 17.1. The summed E-state index contributed by atoms with van der Waals surface area (Å²) in [5.41, 5.74) is -0.688. The van der Waals surface area contributed by atoms with Crippen LogP contribution < -0.4 is 10.3 Å². The lowest BCUT2D eigenvalue weighted by molar-refractivity contribution is -0.276. The Morgan fingerprint density at radius 2 is 2.09 bits per heavy atom. The summed E-state index contributed by atoms with van der Waals surface area (Å²) in [6.07, 6.45) is -8.00. The summed E-state index contributed by atoms with van der Waals surface area (Å²) in [6, 6.07) is 7.10. The van der Waals surface area contributed by atoms with Crippen LogP contribution in [-0.4, -0.2) is 38.2 Å². The van der Waals surface area contributed by atoms with Crippen LogP contribution in [0.2, 0.25) is 0 Å². The summed E-state index contributed by atoms with van der Waals surface area (Å²) in [4.78, 5) is 29.8. The Balaban J connectivity index is 1.68. The number of esters is 1. The molecule has 1 aromatic carbocycles. The molecule has 0 bridgehead atoms. The van der Waals surface area contributed by atoms with Crippen LogP contribution in [0.4, 0.5) is 13.2 Å². The Morgan fingerprint density at radius 3 is 2.79 bits per heavy atom. The summed E-state index contributed by atoms with van der Waals surface area (Å²) < 4.78 is 50.9. The van der Waals surface area contributed by atoms with Crippen molar-refractivity contribution in [1.82, 2.24) is 9.55 Å². The van der Waals surface area contributed by atoms with Crippen molar-refractivity contribution >= 4 is 16.9 Å². The summed E-state index contributed by atoms with van der Waals surface area (Å²) in [6.45, 7) is 1.36. The maximum Gasteiger partial charge on any atom is 0.456 e. The van der Waals surface area contributed by atoms with Crippen LogP contribution in [0.1, 0.15) is 30.0 Å². The van der Waals surface area contributed by atoms with Gasteiger partial charge in [0, 0.05) is 16.5 Å². The number of aromatic nitrogens is 2. The van der Waals surface area contributed by atoms with E-state index in [1.165, 1.54) is 34.9 Å². The minimum atomic E-state index is -4.47. The van der Waals surface area contributed by atoms with Gasteiger partial charge in [-0.1, -0.05) is 13.0 Å². The van der Waals surface area contributed by atoms with Crippen LogP contribution in [0.25, 0.3) is 22.3 Å². The molecule has 0 fully saturated rings. The van der Waals surface area contributed by atoms with Gasteiger partial charge in [-0.15, -0.1) is 0 Å². The highest BCUT2D eigenvalue weighted by Gasteiger charge is 2.45. The number of aliphatic hydroxyl groups is 2. The van der Waals surface area contributed by atoms with Gasteiger partial charge in [-0.2, -0.15) is 8.78 Å². The lowest BCUT2D eigenvalue weighted by atomic mass is 9.86. The van der Waals surface area contributed by atoms with Crippen molar-refractivity contribution in [2.75, 3.05) is 0 Å². The second-order valence-electron chi connectivity index (χ2n) is 7.92. The van der Waals surface area contributed by atoms with Gasteiger partial charge < -0.3 is 24.3 Å². The van der Waals surface area contributed by atoms with Gasteiger partial charge in [0.2, 0.25) is 0 Å². The van der Waals surface area contributed by atoms with E-state index in [1.807, 2.05) is 0 Å². The maximum absolute atomic E-state index is 13.6. The number of aliphatic hydroxyl groups excluding tert-OH is 1. The van der Waals surface area contributed by atoms with E-state index in [0.717, 1.165) is 0 Å². The summed E-state index contributed by atoms with van der Waals surface area (Å²) in [7, 11) is 0. The number of benzene rings is 1. The van der Waals surface area contributed by atoms with Crippen molar-refractivity contribution in [3.05, 3.63) is 57.4 Å². The van der Waals surface area contributed by atoms with Gasteiger partial charge in [0.25, 0.3) is 5.56 Å². The third-order valence-electron chi connectivity index (χ3n) is 6.04. The molecule has 0 saturated heterocycles. The van der Waals surface area contributed by atoms with E-state index in [-0.39, 0.29) is 41.6 Å². The Kier molecular flexibility index (Phi) is 4.56. The van der Waals surface area contributed by atoms with Gasteiger partial charge in [0.1, 0.15) is 12.4 Å². The van der Waals surface area contributed by atoms with Crippen molar-refractivity contribution in [2.45, 2.75) is 44.6 Å². The van der Waals surface area contributed by atoms with Gasteiger partial charge >= 0.3 is 18.4 Å². The first kappa shape index (κ1) is 21.4. The molecule has 2 N–H and O–H groups in total. The average Bonchev–Trinajstić information content (AvgIpc) is 3.13. The number of nitrogens with zero attached hydrogens (tertiary/aromatic N) is 2. The molecule has 0 aliphatic carbocycles. The number of cyclic esters (lactones) is 1. The minimum absolute atomic E-state index is 0.00490. The number of halogens is 3. The van der Waals surface area contributed by atoms with E-state index in [4.69, 9.17) is 9.84 Å². The van der Waals surface area contributed by atoms with Crippen molar-refractivity contribution in [3.8, 4) is 17.1 Å². The molecule has 2 aromatic heterocycles. The molecule has 1 unspecified atom stereocenters. The topological polar surface area (TPSA) is 111 Å². The fraction of sp³-hybridized carbons (Fsp3) is 0.318. The molecule has 0 radical (unpaired) electrons. The number of fused-ring (bicyclic) bond motifs is 5. The number of alkyl halides is 3. The van der Waals surface area contributed by atoms with Crippen LogP contribution in [0.5, 0.6) is 5.75 Å². The molecule has 8 nitrogen and oxygen atoms in total. The Bertz CT molecular complexity index is 1390. The molecule has 0 amide bonds. The molecule has 3 aromatic rings. The second-order valence-corrected chi connectivity index (χ2v) is 7.92. The number of ether oxygens (including phenoxy) is 2. The predicted molar refractivity (Wildman–Crippen MR) is 107 cm³/mol. The molecule has 2 aliphatic heterocycles. The zero-order valence-corrected chi connectivity index (χ0v) is 17.1. The van der Waals surface area contributed by atoms with Crippen LogP contribution in [0, 0.1) is 0 Å². The summed E-state index contributed by atoms with van der Waals surface area (Å²) in [5, 5.41) is 19.7. The molecule has 2 aliphatic rings. The first-order chi connectivity index (χ1) is 15.6. The third kappa shape index (κ3) is 3.03. The van der Waals surface area contributed by atoms with E-state index in [0.29, 0.717) is 17.0 Å². The Hall–Kier alpha value is -3.44. The molecule has 2 atom stereocenters. The monoisotopic (exact) mass is 462 g/mol. The van der Waals surface area contributed by atoms with Gasteiger partial charge in [0.15, 0.2) is 5.60 Å². The van der Waals surface area contributed by atoms with Gasteiger partial charge in [-0.3, -0.25) is 4.79 Å². The smallest absolute Gasteiger partial charge is 0.456 e. The predicted octanol–water partition coefficient (Wildman–Crippen LogP) is 2.34. The molecule has 5 rings (SSSR count). The van der Waals surface area contributed by atoms with E-state index in [2.05, 4.69) is 9.72 Å². The SMILES string of the molecule is CC[C@@]1(O)C(=O)OCc2c1cc1n(c2=O)Cc2cc3c(OC(F)(F)C(O)F)cccc3nc2-1. The van der Waals surface area contributed by atoms with Crippen molar-refractivity contribution in [2.24, 2.45) is 0 Å².